The molecule has 0 radical (unpaired) electrons. The van der Waals surface area contributed by atoms with Crippen LogP contribution in [0, 0.1) is 0 Å². The summed E-state index contributed by atoms with van der Waals surface area (Å²) in [6, 6.07) is 2.05. The first-order chi connectivity index (χ1) is 6.97. The molecule has 0 saturated heterocycles. The highest BCUT2D eigenvalue weighted by molar-refractivity contribution is 6.04. The number of aldehydes is 1. The zero-order valence-corrected chi connectivity index (χ0v) is 7.43. The maximum Gasteiger partial charge on any atom is 0.337 e. The van der Waals surface area contributed by atoms with Crippen LogP contribution in [0.5, 0.6) is 0 Å². The van der Waals surface area contributed by atoms with Crippen LogP contribution in [0.3, 0.4) is 0 Å². The molecule has 0 bridgehead atoms. The Morgan fingerprint density at radius 3 is 1.80 bits per heavy atom. The van der Waals surface area contributed by atoms with Crippen molar-refractivity contribution in [2.24, 2.45) is 0 Å². The van der Waals surface area contributed by atoms with E-state index in [2.05, 4.69) is 0 Å². The number of carboxylic acids is 2. The highest BCUT2D eigenvalue weighted by Gasteiger charge is 2.17. The Kier molecular flexibility index (Phi) is 2.70. The number of benzene rings is 1. The lowest BCUT2D eigenvalue weighted by Gasteiger charge is -2.05. The summed E-state index contributed by atoms with van der Waals surface area (Å²) in [5, 5.41) is 17.4. The number of nitrogen functional groups attached to an aromatic ring is 1. The Balaban J connectivity index is 3.53. The number of hydrogen-bond donors (Lipinski definition) is 3. The zero-order valence-electron chi connectivity index (χ0n) is 7.43. The van der Waals surface area contributed by atoms with Crippen LogP contribution in [0.1, 0.15) is 31.1 Å². The predicted octanol–water partition coefficient (Wildman–Crippen LogP) is 0.478. The van der Waals surface area contributed by atoms with E-state index < -0.39 is 23.1 Å². The van der Waals surface area contributed by atoms with Crippen molar-refractivity contribution in [2.45, 2.75) is 0 Å². The fourth-order valence-electron chi connectivity index (χ4n) is 1.10. The first-order valence-corrected chi connectivity index (χ1v) is 3.82. The van der Waals surface area contributed by atoms with Crippen LogP contribution in [0.25, 0.3) is 0 Å². The molecule has 0 saturated carbocycles. The molecule has 78 valence electrons. The second-order valence-electron chi connectivity index (χ2n) is 2.76. The lowest BCUT2D eigenvalue weighted by atomic mass is 10.0. The van der Waals surface area contributed by atoms with Crippen LogP contribution in [-0.2, 0) is 0 Å². The van der Waals surface area contributed by atoms with Crippen molar-refractivity contribution < 1.29 is 24.6 Å². The lowest BCUT2D eigenvalue weighted by molar-refractivity contribution is 0.0696. The van der Waals surface area contributed by atoms with Crippen molar-refractivity contribution in [2.75, 3.05) is 5.73 Å². The molecular weight excluding hydrogens is 202 g/mol. The molecule has 1 aromatic carbocycles. The van der Waals surface area contributed by atoms with Gasteiger partial charge in [-0.3, -0.25) is 4.79 Å². The van der Waals surface area contributed by atoms with Gasteiger partial charge in [-0.25, -0.2) is 9.59 Å². The molecule has 0 amide bonds. The molecule has 0 aliphatic carbocycles. The molecule has 0 aliphatic rings. The van der Waals surface area contributed by atoms with Crippen molar-refractivity contribution in [3.05, 3.63) is 28.8 Å². The van der Waals surface area contributed by atoms with Gasteiger partial charge in [-0.1, -0.05) is 0 Å². The van der Waals surface area contributed by atoms with Crippen LogP contribution < -0.4 is 5.73 Å². The fourth-order valence-corrected chi connectivity index (χ4v) is 1.10. The highest BCUT2D eigenvalue weighted by atomic mass is 16.4. The first-order valence-electron chi connectivity index (χ1n) is 3.82. The van der Waals surface area contributed by atoms with Crippen LogP contribution in [0.15, 0.2) is 12.1 Å². The minimum atomic E-state index is -1.38. The van der Waals surface area contributed by atoms with E-state index >= 15 is 0 Å². The van der Waals surface area contributed by atoms with Crippen LogP contribution >= 0.6 is 0 Å². The van der Waals surface area contributed by atoms with Gasteiger partial charge in [0.1, 0.15) is 6.29 Å². The molecule has 0 atom stereocenters. The van der Waals surface area contributed by atoms with Crippen LogP contribution in [0.2, 0.25) is 0 Å². The van der Waals surface area contributed by atoms with E-state index in [9.17, 15) is 14.4 Å². The molecule has 0 unspecified atom stereocenters. The molecule has 1 rings (SSSR count). The van der Waals surface area contributed by atoms with E-state index in [1.165, 1.54) is 0 Å². The van der Waals surface area contributed by atoms with E-state index in [1.807, 2.05) is 0 Å². The average molecular weight is 209 g/mol. The van der Waals surface area contributed by atoms with Gasteiger partial charge in [0, 0.05) is 5.56 Å². The van der Waals surface area contributed by atoms with Gasteiger partial charge in [0.15, 0.2) is 0 Å². The number of hydrogen-bond acceptors (Lipinski definition) is 4. The molecule has 0 heterocycles. The predicted molar refractivity (Wildman–Crippen MR) is 50.2 cm³/mol. The Hall–Kier alpha value is -2.37. The smallest absolute Gasteiger partial charge is 0.337 e. The average Bonchev–Trinajstić information content (AvgIpc) is 2.17. The second-order valence-corrected chi connectivity index (χ2v) is 2.76. The third-order valence-corrected chi connectivity index (χ3v) is 1.80. The maximum absolute atomic E-state index is 10.7. The third-order valence-electron chi connectivity index (χ3n) is 1.80. The fraction of sp³-hybridized carbons (Fsp3) is 0. The molecule has 6 nitrogen and oxygen atoms in total. The number of aromatic carboxylic acids is 2. The lowest BCUT2D eigenvalue weighted by Crippen LogP contribution is -2.10. The number of rotatable bonds is 3. The van der Waals surface area contributed by atoms with Crippen molar-refractivity contribution >= 4 is 23.9 Å². The monoisotopic (exact) mass is 209 g/mol. The second kappa shape index (κ2) is 3.79. The van der Waals surface area contributed by atoms with Gasteiger partial charge in [0.25, 0.3) is 0 Å². The molecule has 15 heavy (non-hydrogen) atoms. The van der Waals surface area contributed by atoms with Gasteiger partial charge < -0.3 is 15.9 Å². The quantitative estimate of drug-likeness (QED) is 0.492. The van der Waals surface area contributed by atoms with Crippen molar-refractivity contribution in [1.82, 2.24) is 0 Å². The van der Waals surface area contributed by atoms with Gasteiger partial charge in [-0.15, -0.1) is 0 Å². The Morgan fingerprint density at radius 1 is 1.13 bits per heavy atom. The summed E-state index contributed by atoms with van der Waals surface area (Å²) in [5.74, 6) is -2.75. The summed E-state index contributed by atoms with van der Waals surface area (Å²) in [5.41, 5.74) is 4.14. The number of anilines is 1. The third kappa shape index (κ3) is 1.93. The van der Waals surface area contributed by atoms with E-state index in [4.69, 9.17) is 15.9 Å². The standard InChI is InChI=1S/C9H7NO5/c10-7-5(8(12)13)1-4(3-11)2-6(7)9(14)15/h1-3H,10H2,(H,12,13)(H,14,15). The highest BCUT2D eigenvalue weighted by Crippen LogP contribution is 2.19. The van der Waals surface area contributed by atoms with Crippen LogP contribution in [-0.4, -0.2) is 28.4 Å². The zero-order chi connectivity index (χ0) is 11.6. The molecule has 0 aromatic heterocycles. The van der Waals surface area contributed by atoms with Gasteiger partial charge in [-0.05, 0) is 12.1 Å². The number of carbonyl (C=O) groups is 3. The normalized spacial score (nSPS) is 9.60. The SMILES string of the molecule is Nc1c(C(=O)O)cc(C=O)cc1C(=O)O. The van der Waals surface area contributed by atoms with Gasteiger partial charge >= 0.3 is 11.9 Å². The minimum absolute atomic E-state index is 0.0426. The first kappa shape index (κ1) is 10.7. The van der Waals surface area contributed by atoms with Gasteiger partial charge in [0.05, 0.1) is 16.8 Å². The summed E-state index contributed by atoms with van der Waals surface area (Å²) < 4.78 is 0. The molecule has 0 spiro atoms. The molecule has 0 aliphatic heterocycles. The molecule has 1 aromatic rings. The molecular formula is C9H7NO5. The number of carbonyl (C=O) groups excluding carboxylic acids is 1. The summed E-state index contributed by atoms with van der Waals surface area (Å²) >= 11 is 0. The van der Waals surface area contributed by atoms with Gasteiger partial charge in [0.2, 0.25) is 0 Å². The number of carboxylic acid groups (broad SMARTS) is 2. The van der Waals surface area contributed by atoms with Crippen LogP contribution in [0.4, 0.5) is 5.69 Å². The largest absolute Gasteiger partial charge is 0.478 e. The number of nitrogens with two attached hydrogens (primary N) is 1. The van der Waals surface area contributed by atoms with Crippen molar-refractivity contribution in [3.8, 4) is 0 Å². The Labute approximate surface area is 83.9 Å². The van der Waals surface area contributed by atoms with Crippen molar-refractivity contribution in [3.63, 3.8) is 0 Å². The Morgan fingerprint density at radius 2 is 1.53 bits per heavy atom. The van der Waals surface area contributed by atoms with E-state index in [0.29, 0.717) is 6.29 Å². The van der Waals surface area contributed by atoms with Crippen molar-refractivity contribution in [1.29, 1.82) is 0 Å². The summed E-state index contributed by atoms with van der Waals surface area (Å²) in [4.78, 5) is 31.8. The Bertz CT molecular complexity index is 417. The summed E-state index contributed by atoms with van der Waals surface area (Å²) in [6.45, 7) is 0. The molecule has 6 heteroatoms. The minimum Gasteiger partial charge on any atom is -0.478 e. The topological polar surface area (TPSA) is 118 Å². The maximum atomic E-state index is 10.7. The molecule has 0 fully saturated rings. The van der Waals surface area contributed by atoms with Gasteiger partial charge in [-0.2, -0.15) is 0 Å². The van der Waals surface area contributed by atoms with E-state index in [0.717, 1.165) is 12.1 Å². The van der Waals surface area contributed by atoms with E-state index in [1.54, 1.807) is 0 Å². The summed E-state index contributed by atoms with van der Waals surface area (Å²) in [6.07, 6.45) is 0.359. The molecule has 4 N–H and O–H groups in total. The summed E-state index contributed by atoms with van der Waals surface area (Å²) in [7, 11) is 0. The van der Waals surface area contributed by atoms with E-state index in [-0.39, 0.29) is 11.3 Å².